The van der Waals surface area contributed by atoms with Crippen molar-refractivity contribution in [1.29, 1.82) is 0 Å². The Labute approximate surface area is 126 Å². The topological polar surface area (TPSA) is 35.8 Å². The zero-order valence-electron chi connectivity index (χ0n) is 12.6. The van der Waals surface area contributed by atoms with Crippen LogP contribution in [0.25, 0.3) is 0 Å². The molecule has 2 aromatic carbocycles. The molecule has 0 fully saturated rings. The minimum absolute atomic E-state index is 0.0739. The molecular weight excluding hydrogens is 260 g/mol. The third-order valence-electron chi connectivity index (χ3n) is 3.18. The Kier molecular flexibility index (Phi) is 5.12. The lowest BCUT2D eigenvalue weighted by Gasteiger charge is -2.22. The fraction of sp³-hybridized carbons (Fsp3) is 0.278. The molecule has 2 aromatic rings. The lowest BCUT2D eigenvalue weighted by Crippen LogP contribution is -2.23. The van der Waals surface area contributed by atoms with Gasteiger partial charge in [-0.05, 0) is 17.7 Å². The minimum Gasteiger partial charge on any atom is -0.395 e. The maximum atomic E-state index is 9.36. The Morgan fingerprint density at radius 3 is 2.14 bits per heavy atom. The van der Waals surface area contributed by atoms with Gasteiger partial charge in [0.1, 0.15) is 0 Å². The summed E-state index contributed by atoms with van der Waals surface area (Å²) in [4.78, 5) is 0. The molecule has 110 valence electrons. The van der Waals surface area contributed by atoms with E-state index in [1.807, 2.05) is 73.6 Å². The van der Waals surface area contributed by atoms with Crippen LogP contribution in [0.15, 0.2) is 65.8 Å². The number of rotatable bonds is 6. The van der Waals surface area contributed by atoms with E-state index >= 15 is 0 Å². The second-order valence-corrected chi connectivity index (χ2v) is 5.77. The normalized spacial score (nSPS) is 11.8. The summed E-state index contributed by atoms with van der Waals surface area (Å²) in [6.45, 7) is 4.69. The van der Waals surface area contributed by atoms with Crippen molar-refractivity contribution >= 4 is 11.9 Å². The van der Waals surface area contributed by atoms with Crippen LogP contribution in [-0.4, -0.2) is 17.9 Å². The number of nitrogens with zero attached hydrogens (tertiary/aromatic N) is 2. The van der Waals surface area contributed by atoms with Gasteiger partial charge in [-0.3, -0.25) is 5.01 Å². The summed E-state index contributed by atoms with van der Waals surface area (Å²) in [6.07, 6.45) is 1.81. The minimum atomic E-state index is -0.330. The fourth-order valence-corrected chi connectivity index (χ4v) is 1.82. The zero-order valence-corrected chi connectivity index (χ0v) is 12.6. The third-order valence-corrected chi connectivity index (χ3v) is 3.18. The van der Waals surface area contributed by atoms with Crippen LogP contribution < -0.4 is 5.01 Å². The van der Waals surface area contributed by atoms with E-state index in [1.54, 1.807) is 0 Å². The SMILES string of the molecule is CC(C)(C=NN(Cc1ccccc1)c1ccccc1)CO. The molecule has 0 atom stereocenters. The van der Waals surface area contributed by atoms with Gasteiger partial charge in [0.2, 0.25) is 0 Å². The second kappa shape index (κ2) is 7.04. The van der Waals surface area contributed by atoms with Crippen LogP contribution in [-0.2, 0) is 6.54 Å². The molecule has 0 bridgehead atoms. The Morgan fingerprint density at radius 2 is 1.57 bits per heavy atom. The van der Waals surface area contributed by atoms with E-state index in [0.29, 0.717) is 6.54 Å². The molecule has 0 aromatic heterocycles. The molecule has 0 aliphatic heterocycles. The first kappa shape index (κ1) is 15.3. The maximum absolute atomic E-state index is 9.36. The third kappa shape index (κ3) is 4.72. The highest BCUT2D eigenvalue weighted by Crippen LogP contribution is 2.18. The standard InChI is InChI=1S/C18H22N2O/c1-18(2,15-21)14-19-20(17-11-7-4-8-12-17)13-16-9-5-3-6-10-16/h3-12,14,21H,13,15H2,1-2H3. The number of benzene rings is 2. The van der Waals surface area contributed by atoms with Gasteiger partial charge in [-0.15, -0.1) is 0 Å². The molecule has 0 aliphatic carbocycles. The van der Waals surface area contributed by atoms with Crippen molar-refractivity contribution in [2.75, 3.05) is 11.6 Å². The summed E-state index contributed by atoms with van der Waals surface area (Å²) in [5.41, 5.74) is 1.90. The Hall–Kier alpha value is -2.13. The Balaban J connectivity index is 2.23. The van der Waals surface area contributed by atoms with Gasteiger partial charge in [0, 0.05) is 11.6 Å². The number of anilines is 1. The average Bonchev–Trinajstić information content (AvgIpc) is 2.53. The molecule has 3 heteroatoms. The molecular formula is C18H22N2O. The molecule has 0 spiro atoms. The molecule has 0 radical (unpaired) electrons. The molecule has 0 saturated carbocycles. The van der Waals surface area contributed by atoms with E-state index in [2.05, 4.69) is 17.2 Å². The van der Waals surface area contributed by atoms with Gasteiger partial charge in [-0.2, -0.15) is 5.10 Å². The number of para-hydroxylation sites is 1. The lowest BCUT2D eigenvalue weighted by molar-refractivity contribution is 0.216. The summed E-state index contributed by atoms with van der Waals surface area (Å²) in [6, 6.07) is 20.3. The smallest absolute Gasteiger partial charge is 0.0666 e. The number of aliphatic hydroxyl groups is 1. The Morgan fingerprint density at radius 1 is 1.00 bits per heavy atom. The van der Waals surface area contributed by atoms with Gasteiger partial charge >= 0.3 is 0 Å². The molecule has 0 amide bonds. The zero-order chi connectivity index (χ0) is 15.1. The van der Waals surface area contributed by atoms with Crippen LogP contribution in [0.2, 0.25) is 0 Å². The van der Waals surface area contributed by atoms with Crippen molar-refractivity contribution in [2.45, 2.75) is 20.4 Å². The highest BCUT2D eigenvalue weighted by Gasteiger charge is 2.14. The molecule has 0 aliphatic rings. The molecule has 21 heavy (non-hydrogen) atoms. The average molecular weight is 282 g/mol. The summed E-state index contributed by atoms with van der Waals surface area (Å²) in [5, 5.41) is 15.9. The van der Waals surface area contributed by atoms with Crippen molar-refractivity contribution in [2.24, 2.45) is 10.5 Å². The van der Waals surface area contributed by atoms with Crippen molar-refractivity contribution in [3.8, 4) is 0 Å². The van der Waals surface area contributed by atoms with Gasteiger partial charge in [-0.1, -0.05) is 62.4 Å². The van der Waals surface area contributed by atoms with E-state index in [1.165, 1.54) is 5.56 Å². The summed E-state index contributed by atoms with van der Waals surface area (Å²) in [7, 11) is 0. The van der Waals surface area contributed by atoms with Crippen LogP contribution in [0.3, 0.4) is 0 Å². The summed E-state index contributed by atoms with van der Waals surface area (Å²) >= 11 is 0. The molecule has 0 saturated heterocycles. The summed E-state index contributed by atoms with van der Waals surface area (Å²) in [5.74, 6) is 0. The highest BCUT2D eigenvalue weighted by molar-refractivity contribution is 5.66. The van der Waals surface area contributed by atoms with Crippen molar-refractivity contribution in [3.05, 3.63) is 66.2 Å². The fourth-order valence-electron chi connectivity index (χ4n) is 1.82. The van der Waals surface area contributed by atoms with E-state index in [0.717, 1.165) is 5.69 Å². The maximum Gasteiger partial charge on any atom is 0.0666 e. The van der Waals surface area contributed by atoms with E-state index < -0.39 is 0 Å². The molecule has 0 heterocycles. The van der Waals surface area contributed by atoms with Crippen molar-refractivity contribution < 1.29 is 5.11 Å². The van der Waals surface area contributed by atoms with E-state index in [4.69, 9.17) is 0 Å². The van der Waals surface area contributed by atoms with Gasteiger partial charge in [0.15, 0.2) is 0 Å². The largest absolute Gasteiger partial charge is 0.395 e. The number of hydrazone groups is 1. The molecule has 3 nitrogen and oxygen atoms in total. The first-order valence-electron chi connectivity index (χ1n) is 7.13. The summed E-state index contributed by atoms with van der Waals surface area (Å²) < 4.78 is 0. The number of hydrogen-bond acceptors (Lipinski definition) is 3. The monoisotopic (exact) mass is 282 g/mol. The number of aliphatic hydroxyl groups excluding tert-OH is 1. The molecule has 1 N–H and O–H groups in total. The predicted molar refractivity (Wildman–Crippen MR) is 88.4 cm³/mol. The second-order valence-electron chi connectivity index (χ2n) is 5.77. The van der Waals surface area contributed by atoms with E-state index in [9.17, 15) is 5.11 Å². The highest BCUT2D eigenvalue weighted by atomic mass is 16.3. The van der Waals surface area contributed by atoms with Crippen LogP contribution >= 0.6 is 0 Å². The van der Waals surface area contributed by atoms with Gasteiger partial charge in [0.05, 0.1) is 18.8 Å². The first-order valence-corrected chi connectivity index (χ1v) is 7.13. The van der Waals surface area contributed by atoms with Crippen LogP contribution in [0.5, 0.6) is 0 Å². The van der Waals surface area contributed by atoms with Crippen molar-refractivity contribution in [1.82, 2.24) is 0 Å². The van der Waals surface area contributed by atoms with Gasteiger partial charge in [-0.25, -0.2) is 0 Å². The molecule has 0 unspecified atom stereocenters. The lowest BCUT2D eigenvalue weighted by atomic mass is 9.97. The predicted octanol–water partition coefficient (Wildman–Crippen LogP) is 3.70. The quantitative estimate of drug-likeness (QED) is 0.648. The van der Waals surface area contributed by atoms with Gasteiger partial charge < -0.3 is 5.11 Å². The van der Waals surface area contributed by atoms with Crippen LogP contribution in [0, 0.1) is 5.41 Å². The number of hydrogen-bond donors (Lipinski definition) is 1. The van der Waals surface area contributed by atoms with Crippen molar-refractivity contribution in [3.63, 3.8) is 0 Å². The van der Waals surface area contributed by atoms with E-state index in [-0.39, 0.29) is 12.0 Å². The molecule has 2 rings (SSSR count). The van der Waals surface area contributed by atoms with Crippen LogP contribution in [0.4, 0.5) is 5.69 Å². The van der Waals surface area contributed by atoms with Gasteiger partial charge in [0.25, 0.3) is 0 Å². The van der Waals surface area contributed by atoms with Crippen LogP contribution in [0.1, 0.15) is 19.4 Å². The first-order chi connectivity index (χ1) is 10.1. The Bertz CT molecular complexity index is 564.